The molecule has 0 aromatic rings. The van der Waals surface area contributed by atoms with E-state index < -0.39 is 0 Å². The molecule has 0 amide bonds. The summed E-state index contributed by atoms with van der Waals surface area (Å²) in [5.74, 6) is 0.578. The molecule has 0 aliphatic heterocycles. The van der Waals surface area contributed by atoms with Gasteiger partial charge < -0.3 is 10.1 Å². The van der Waals surface area contributed by atoms with Crippen LogP contribution in [-0.2, 0) is 4.74 Å². The molecule has 0 radical (unpaired) electrons. The third-order valence-electron chi connectivity index (χ3n) is 1.14. The highest BCUT2D eigenvalue weighted by atomic mass is 35.5. The molecule has 0 aliphatic rings. The minimum absolute atomic E-state index is 0.578. The Bertz CT molecular complexity index is 96.1. The normalized spacial score (nSPS) is 11.1. The van der Waals surface area contributed by atoms with Gasteiger partial charge in [0.1, 0.15) is 0 Å². The summed E-state index contributed by atoms with van der Waals surface area (Å²) in [6.07, 6.45) is 4.09. The minimum atomic E-state index is 0.578. The summed E-state index contributed by atoms with van der Waals surface area (Å²) < 4.78 is 5.14. The zero-order valence-electron chi connectivity index (χ0n) is 6.98. The van der Waals surface area contributed by atoms with Gasteiger partial charge in [0.15, 0.2) is 0 Å². The van der Waals surface area contributed by atoms with Crippen LogP contribution in [0.2, 0.25) is 0 Å². The van der Waals surface area contributed by atoms with Gasteiger partial charge in [0.05, 0.1) is 13.2 Å². The van der Waals surface area contributed by atoms with Gasteiger partial charge in [0, 0.05) is 19.0 Å². The quantitative estimate of drug-likeness (QED) is 0.361. The van der Waals surface area contributed by atoms with Crippen LogP contribution < -0.4 is 5.32 Å². The predicted molar refractivity (Wildman–Crippen MR) is 49.2 cm³/mol. The van der Waals surface area contributed by atoms with Gasteiger partial charge in [-0.1, -0.05) is 12.2 Å². The molecule has 0 aromatic heterocycles. The zero-order chi connectivity index (χ0) is 8.36. The molecule has 3 heteroatoms. The summed E-state index contributed by atoms with van der Waals surface area (Å²) in [7, 11) is 0. The standard InChI is InChI=1S/C8H16ClNO/c1-2-3-5-10-6-8-11-7-4-9/h2-3,10H,4-8H2,1H3/b3-2+. The Morgan fingerprint density at radius 2 is 2.27 bits per heavy atom. The van der Waals surface area contributed by atoms with Gasteiger partial charge in [-0.15, -0.1) is 11.6 Å². The molecule has 0 aromatic carbocycles. The molecule has 0 bridgehead atoms. The summed E-state index contributed by atoms with van der Waals surface area (Å²) in [4.78, 5) is 0. The number of rotatable bonds is 7. The van der Waals surface area contributed by atoms with Crippen molar-refractivity contribution < 1.29 is 4.74 Å². The van der Waals surface area contributed by atoms with Crippen molar-refractivity contribution in [1.29, 1.82) is 0 Å². The van der Waals surface area contributed by atoms with Crippen LogP contribution in [0, 0.1) is 0 Å². The fraction of sp³-hybridized carbons (Fsp3) is 0.750. The molecule has 11 heavy (non-hydrogen) atoms. The van der Waals surface area contributed by atoms with Crippen molar-refractivity contribution in [2.75, 3.05) is 32.2 Å². The van der Waals surface area contributed by atoms with E-state index in [-0.39, 0.29) is 0 Å². The fourth-order valence-corrected chi connectivity index (χ4v) is 0.713. The monoisotopic (exact) mass is 177 g/mol. The summed E-state index contributed by atoms with van der Waals surface area (Å²) in [5, 5.41) is 3.19. The summed E-state index contributed by atoms with van der Waals surface area (Å²) in [5.41, 5.74) is 0. The molecule has 0 fully saturated rings. The third kappa shape index (κ3) is 9.95. The largest absolute Gasteiger partial charge is 0.379 e. The maximum atomic E-state index is 5.41. The van der Waals surface area contributed by atoms with Gasteiger partial charge in [0.2, 0.25) is 0 Å². The molecular formula is C8H16ClNO. The highest BCUT2D eigenvalue weighted by Gasteiger charge is 1.84. The van der Waals surface area contributed by atoms with E-state index in [2.05, 4.69) is 11.4 Å². The number of alkyl halides is 1. The van der Waals surface area contributed by atoms with Crippen LogP contribution in [0.3, 0.4) is 0 Å². The van der Waals surface area contributed by atoms with Crippen molar-refractivity contribution >= 4 is 11.6 Å². The van der Waals surface area contributed by atoms with Crippen molar-refractivity contribution in [3.05, 3.63) is 12.2 Å². The smallest absolute Gasteiger partial charge is 0.0602 e. The first-order valence-electron chi connectivity index (χ1n) is 3.87. The van der Waals surface area contributed by atoms with Crippen molar-refractivity contribution in [2.24, 2.45) is 0 Å². The molecule has 1 N–H and O–H groups in total. The van der Waals surface area contributed by atoms with Crippen molar-refractivity contribution in [1.82, 2.24) is 5.32 Å². The molecule has 0 unspecified atom stereocenters. The van der Waals surface area contributed by atoms with E-state index in [1.165, 1.54) is 0 Å². The molecule has 2 nitrogen and oxygen atoms in total. The molecule has 0 spiro atoms. The lowest BCUT2D eigenvalue weighted by Crippen LogP contribution is -2.19. The second-order valence-electron chi connectivity index (χ2n) is 2.07. The first-order chi connectivity index (χ1) is 5.41. The Hall–Kier alpha value is -0.0500. The van der Waals surface area contributed by atoms with E-state index in [1.54, 1.807) is 0 Å². The number of ether oxygens (including phenoxy) is 1. The molecule has 0 saturated carbocycles. The SMILES string of the molecule is C/C=C/CNCCOCCCl. The second kappa shape index (κ2) is 9.95. The van der Waals surface area contributed by atoms with Crippen molar-refractivity contribution in [3.63, 3.8) is 0 Å². The number of halogens is 1. The van der Waals surface area contributed by atoms with E-state index in [1.807, 2.05) is 13.0 Å². The topological polar surface area (TPSA) is 21.3 Å². The Kier molecular flexibility index (Phi) is 9.90. The Balaban J connectivity index is 2.79. The summed E-state index contributed by atoms with van der Waals surface area (Å²) in [6.45, 7) is 5.20. The van der Waals surface area contributed by atoms with Gasteiger partial charge in [-0.3, -0.25) is 0 Å². The third-order valence-corrected chi connectivity index (χ3v) is 1.30. The Labute approximate surface area is 73.6 Å². The van der Waals surface area contributed by atoms with Crippen LogP contribution in [-0.4, -0.2) is 32.2 Å². The lowest BCUT2D eigenvalue weighted by molar-refractivity contribution is 0.152. The summed E-state index contributed by atoms with van der Waals surface area (Å²) in [6, 6.07) is 0. The van der Waals surface area contributed by atoms with Crippen LogP contribution in [0.25, 0.3) is 0 Å². The zero-order valence-corrected chi connectivity index (χ0v) is 7.73. The highest BCUT2D eigenvalue weighted by Crippen LogP contribution is 1.77. The van der Waals surface area contributed by atoms with E-state index in [9.17, 15) is 0 Å². The molecule has 0 rings (SSSR count). The summed E-state index contributed by atoms with van der Waals surface area (Å²) >= 11 is 5.41. The number of allylic oxidation sites excluding steroid dienone is 1. The lowest BCUT2D eigenvalue weighted by atomic mass is 10.5. The molecule has 0 aliphatic carbocycles. The van der Waals surface area contributed by atoms with Crippen LogP contribution in [0.15, 0.2) is 12.2 Å². The van der Waals surface area contributed by atoms with Crippen LogP contribution in [0.4, 0.5) is 0 Å². The lowest BCUT2D eigenvalue weighted by Gasteiger charge is -2.01. The van der Waals surface area contributed by atoms with Gasteiger partial charge >= 0.3 is 0 Å². The Morgan fingerprint density at radius 3 is 2.91 bits per heavy atom. The van der Waals surface area contributed by atoms with Gasteiger partial charge in [-0.25, -0.2) is 0 Å². The molecule has 0 atom stereocenters. The van der Waals surface area contributed by atoms with E-state index >= 15 is 0 Å². The minimum Gasteiger partial charge on any atom is -0.379 e. The van der Waals surface area contributed by atoms with Crippen LogP contribution in [0.1, 0.15) is 6.92 Å². The Morgan fingerprint density at radius 1 is 1.45 bits per heavy atom. The number of nitrogens with one attached hydrogen (secondary N) is 1. The average Bonchev–Trinajstić information content (AvgIpc) is 2.03. The van der Waals surface area contributed by atoms with Gasteiger partial charge in [-0.05, 0) is 6.92 Å². The van der Waals surface area contributed by atoms with Gasteiger partial charge in [-0.2, -0.15) is 0 Å². The fourth-order valence-electron chi connectivity index (χ4n) is 0.604. The van der Waals surface area contributed by atoms with E-state index in [0.29, 0.717) is 12.5 Å². The number of hydrogen-bond acceptors (Lipinski definition) is 2. The van der Waals surface area contributed by atoms with Gasteiger partial charge in [0.25, 0.3) is 0 Å². The predicted octanol–water partition coefficient (Wildman–Crippen LogP) is 1.41. The van der Waals surface area contributed by atoms with Crippen molar-refractivity contribution in [3.8, 4) is 0 Å². The maximum Gasteiger partial charge on any atom is 0.0602 e. The average molecular weight is 178 g/mol. The highest BCUT2D eigenvalue weighted by molar-refractivity contribution is 6.17. The second-order valence-corrected chi connectivity index (χ2v) is 2.45. The maximum absolute atomic E-state index is 5.41. The first-order valence-corrected chi connectivity index (χ1v) is 4.41. The molecule has 66 valence electrons. The molecule has 0 heterocycles. The van der Waals surface area contributed by atoms with Crippen LogP contribution in [0.5, 0.6) is 0 Å². The molecule has 0 saturated heterocycles. The van der Waals surface area contributed by atoms with Crippen molar-refractivity contribution in [2.45, 2.75) is 6.92 Å². The van der Waals surface area contributed by atoms with E-state index in [4.69, 9.17) is 16.3 Å². The van der Waals surface area contributed by atoms with E-state index in [0.717, 1.165) is 19.7 Å². The first kappa shape index (κ1) is 11.0. The van der Waals surface area contributed by atoms with Crippen LogP contribution >= 0.6 is 11.6 Å². The number of hydrogen-bond donors (Lipinski definition) is 1. The molecular weight excluding hydrogens is 162 g/mol.